The van der Waals surface area contributed by atoms with Crippen molar-refractivity contribution in [2.75, 3.05) is 11.1 Å². The van der Waals surface area contributed by atoms with Gasteiger partial charge in [-0.2, -0.15) is 0 Å². The number of carbonyl (C=O) groups excluding carboxylic acids is 1. The normalized spacial score (nSPS) is 13.8. The zero-order valence-corrected chi connectivity index (χ0v) is 13.4. The average Bonchev–Trinajstić information content (AvgIpc) is 3.30. The highest BCUT2D eigenvalue weighted by Crippen LogP contribution is 2.40. The Hall–Kier alpha value is -2.15. The van der Waals surface area contributed by atoms with E-state index in [4.69, 9.17) is 0 Å². The summed E-state index contributed by atoms with van der Waals surface area (Å²) in [7, 11) is 0. The Morgan fingerprint density at radius 2 is 2.13 bits per heavy atom. The maximum atomic E-state index is 12.8. The number of nitrogens with one attached hydrogen (secondary N) is 1. The number of thioether (sulfide) groups is 1. The molecule has 1 saturated carbocycles. The van der Waals surface area contributed by atoms with Crippen molar-refractivity contribution in [1.29, 1.82) is 0 Å². The number of rotatable bonds is 7. The Labute approximate surface area is 138 Å². The standard InChI is InChI=1S/C16H17FN4OS/c1-2-9-21-15(11-3-4-11)19-20-16(21)23-10-14(22)18-13-7-5-12(17)6-8-13/h2,5-8,11H,1,3-4,9-10H2,(H,18,22). The molecule has 0 radical (unpaired) electrons. The van der Waals surface area contributed by atoms with Crippen LogP contribution >= 0.6 is 11.8 Å². The van der Waals surface area contributed by atoms with Crippen molar-refractivity contribution in [3.63, 3.8) is 0 Å². The molecule has 23 heavy (non-hydrogen) atoms. The van der Waals surface area contributed by atoms with Crippen LogP contribution in [-0.2, 0) is 11.3 Å². The van der Waals surface area contributed by atoms with Crippen molar-refractivity contribution in [2.24, 2.45) is 0 Å². The third-order valence-electron chi connectivity index (χ3n) is 3.46. The quantitative estimate of drug-likeness (QED) is 0.625. The van der Waals surface area contributed by atoms with E-state index in [1.807, 2.05) is 4.57 Å². The number of hydrogen-bond acceptors (Lipinski definition) is 4. The summed E-state index contributed by atoms with van der Waals surface area (Å²) in [6.45, 7) is 4.40. The third kappa shape index (κ3) is 3.98. The summed E-state index contributed by atoms with van der Waals surface area (Å²) in [6.07, 6.45) is 4.09. The molecular weight excluding hydrogens is 315 g/mol. The lowest BCUT2D eigenvalue weighted by Crippen LogP contribution is -2.14. The van der Waals surface area contributed by atoms with E-state index in [1.165, 1.54) is 36.0 Å². The van der Waals surface area contributed by atoms with Crippen LogP contribution in [0.4, 0.5) is 10.1 Å². The first-order chi connectivity index (χ1) is 11.2. The molecule has 1 fully saturated rings. The van der Waals surface area contributed by atoms with Crippen LogP contribution < -0.4 is 5.32 Å². The predicted molar refractivity (Wildman–Crippen MR) is 87.9 cm³/mol. The molecule has 3 rings (SSSR count). The molecule has 1 N–H and O–H groups in total. The van der Waals surface area contributed by atoms with E-state index < -0.39 is 0 Å². The highest BCUT2D eigenvalue weighted by molar-refractivity contribution is 7.99. The van der Waals surface area contributed by atoms with Gasteiger partial charge in [-0.15, -0.1) is 16.8 Å². The fraction of sp³-hybridized carbons (Fsp3) is 0.312. The van der Waals surface area contributed by atoms with E-state index in [0.717, 1.165) is 23.8 Å². The summed E-state index contributed by atoms with van der Waals surface area (Å²) >= 11 is 1.34. The van der Waals surface area contributed by atoms with Crippen molar-refractivity contribution >= 4 is 23.4 Å². The zero-order valence-electron chi connectivity index (χ0n) is 12.5. The van der Waals surface area contributed by atoms with Gasteiger partial charge in [0, 0.05) is 18.2 Å². The van der Waals surface area contributed by atoms with Gasteiger partial charge in [0.05, 0.1) is 5.75 Å². The summed E-state index contributed by atoms with van der Waals surface area (Å²) in [4.78, 5) is 12.0. The molecule has 0 saturated heterocycles. The molecular formula is C16H17FN4OS. The average molecular weight is 332 g/mol. The summed E-state index contributed by atoms with van der Waals surface area (Å²) in [5.41, 5.74) is 0.572. The first-order valence-corrected chi connectivity index (χ1v) is 8.38. The van der Waals surface area contributed by atoms with Crippen LogP contribution in [0.3, 0.4) is 0 Å². The van der Waals surface area contributed by atoms with Gasteiger partial charge >= 0.3 is 0 Å². The number of nitrogens with zero attached hydrogens (tertiary/aromatic N) is 3. The van der Waals surface area contributed by atoms with Crippen molar-refractivity contribution in [3.05, 3.63) is 48.6 Å². The van der Waals surface area contributed by atoms with Crippen molar-refractivity contribution in [1.82, 2.24) is 14.8 Å². The monoisotopic (exact) mass is 332 g/mol. The lowest BCUT2D eigenvalue weighted by atomic mass is 10.3. The zero-order chi connectivity index (χ0) is 16.2. The van der Waals surface area contributed by atoms with Crippen molar-refractivity contribution in [3.8, 4) is 0 Å². The fourth-order valence-corrected chi connectivity index (χ4v) is 2.97. The van der Waals surface area contributed by atoms with E-state index in [2.05, 4.69) is 22.1 Å². The van der Waals surface area contributed by atoms with Crippen LogP contribution in [0.5, 0.6) is 0 Å². The number of hydrogen-bond donors (Lipinski definition) is 1. The summed E-state index contributed by atoms with van der Waals surface area (Å²) in [5, 5.41) is 11.9. The van der Waals surface area contributed by atoms with E-state index in [1.54, 1.807) is 6.08 Å². The van der Waals surface area contributed by atoms with E-state index in [-0.39, 0.29) is 17.5 Å². The molecule has 120 valence electrons. The Bertz CT molecular complexity index is 709. The number of aromatic nitrogens is 3. The minimum absolute atomic E-state index is 0.164. The second kappa shape index (κ2) is 6.95. The SMILES string of the molecule is C=CCn1c(SCC(=O)Nc2ccc(F)cc2)nnc1C1CC1. The smallest absolute Gasteiger partial charge is 0.234 e. The molecule has 1 aromatic heterocycles. The second-order valence-corrected chi connectivity index (χ2v) is 6.30. The first kappa shape index (κ1) is 15.7. The maximum absolute atomic E-state index is 12.8. The van der Waals surface area contributed by atoms with E-state index >= 15 is 0 Å². The molecule has 1 aliphatic rings. The molecule has 0 bridgehead atoms. The van der Waals surface area contributed by atoms with Gasteiger partial charge in [-0.1, -0.05) is 17.8 Å². The first-order valence-electron chi connectivity index (χ1n) is 7.39. The van der Waals surface area contributed by atoms with E-state index in [9.17, 15) is 9.18 Å². The molecule has 0 atom stereocenters. The lowest BCUT2D eigenvalue weighted by Gasteiger charge is -2.07. The van der Waals surface area contributed by atoms with Crippen LogP contribution in [0.25, 0.3) is 0 Å². The molecule has 0 aliphatic heterocycles. The number of anilines is 1. The Kier molecular flexibility index (Phi) is 4.76. The highest BCUT2D eigenvalue weighted by Gasteiger charge is 2.30. The molecule has 1 aliphatic carbocycles. The van der Waals surface area contributed by atoms with Crippen LogP contribution in [0, 0.1) is 5.82 Å². The molecule has 5 nitrogen and oxygen atoms in total. The van der Waals surface area contributed by atoms with E-state index in [0.29, 0.717) is 18.2 Å². The van der Waals surface area contributed by atoms with Crippen LogP contribution in [0.2, 0.25) is 0 Å². The summed E-state index contributed by atoms with van der Waals surface area (Å²) in [5.74, 6) is 1.19. The molecule has 0 spiro atoms. The van der Waals surface area contributed by atoms with Gasteiger partial charge in [-0.25, -0.2) is 4.39 Å². The third-order valence-corrected chi connectivity index (χ3v) is 4.43. The summed E-state index contributed by atoms with van der Waals surface area (Å²) in [6, 6.07) is 5.68. The summed E-state index contributed by atoms with van der Waals surface area (Å²) < 4.78 is 14.9. The molecule has 1 aromatic carbocycles. The van der Waals surface area contributed by atoms with Crippen LogP contribution in [0.15, 0.2) is 42.1 Å². The number of halogens is 1. The van der Waals surface area contributed by atoms with Crippen molar-refractivity contribution < 1.29 is 9.18 Å². The molecule has 1 amide bonds. The molecule has 7 heteroatoms. The molecule has 2 aromatic rings. The fourth-order valence-electron chi connectivity index (χ4n) is 2.21. The number of carbonyl (C=O) groups is 1. The minimum atomic E-state index is -0.331. The van der Waals surface area contributed by atoms with Gasteiger partial charge in [-0.05, 0) is 37.1 Å². The molecule has 0 unspecified atom stereocenters. The Balaban J connectivity index is 1.60. The van der Waals surface area contributed by atoms with Gasteiger partial charge in [0.15, 0.2) is 5.16 Å². The Morgan fingerprint density at radius 1 is 1.39 bits per heavy atom. The van der Waals surface area contributed by atoms with Gasteiger partial charge < -0.3 is 9.88 Å². The number of benzene rings is 1. The predicted octanol–water partition coefficient (Wildman–Crippen LogP) is 3.21. The van der Waals surface area contributed by atoms with Crippen molar-refractivity contribution in [2.45, 2.75) is 30.5 Å². The number of allylic oxidation sites excluding steroid dienone is 1. The topological polar surface area (TPSA) is 59.8 Å². The second-order valence-electron chi connectivity index (χ2n) is 5.36. The maximum Gasteiger partial charge on any atom is 0.234 e. The van der Waals surface area contributed by atoms with Gasteiger partial charge in [0.1, 0.15) is 11.6 Å². The minimum Gasteiger partial charge on any atom is -0.325 e. The molecule has 1 heterocycles. The largest absolute Gasteiger partial charge is 0.325 e. The Morgan fingerprint density at radius 3 is 2.78 bits per heavy atom. The van der Waals surface area contributed by atoms with Gasteiger partial charge in [0.2, 0.25) is 5.91 Å². The highest BCUT2D eigenvalue weighted by atomic mass is 32.2. The number of amides is 1. The van der Waals surface area contributed by atoms with Crippen LogP contribution in [-0.4, -0.2) is 26.4 Å². The van der Waals surface area contributed by atoms with Gasteiger partial charge in [-0.3, -0.25) is 4.79 Å². The lowest BCUT2D eigenvalue weighted by molar-refractivity contribution is -0.113. The van der Waals surface area contributed by atoms with Gasteiger partial charge in [0.25, 0.3) is 0 Å². The van der Waals surface area contributed by atoms with Crippen LogP contribution in [0.1, 0.15) is 24.6 Å².